The van der Waals surface area contributed by atoms with Crippen molar-refractivity contribution in [1.82, 2.24) is 45.4 Å². The fourth-order valence-corrected chi connectivity index (χ4v) is 12.8. The summed E-state index contributed by atoms with van der Waals surface area (Å²) in [6.45, 7) is 23.1. The number of likely N-dealkylation sites (N-methyl/N-ethyl adjacent to an activating group) is 4. The molecule has 22 heteroatoms. The Hall–Kier alpha value is -7.46. The van der Waals surface area contributed by atoms with E-state index in [-0.39, 0.29) is 38.1 Å². The SMILES string of the molecule is CC[C@H](C)[C@@H]1NC(=O)[C@@H]2CCCN2C(=O)[C@H](Cc2cccc(-c3ccnc(N4CCOCC4)c3)c2)N(C)C(=O)[C@H](Cc2ccccc2)NC(=O)C(C(C)C)N(C)C(=O)[C@@H]([C@@H](C)CC)OC(=O)[C@H](C(C)(C)O)N(C)C(=O)[C@H](CC(C)C)NC(=O)C(C(C)C)N(C)C1=O. The molecule has 3 saturated heterocycles. The van der Waals surface area contributed by atoms with E-state index in [9.17, 15) is 19.5 Å². The highest BCUT2D eigenvalue weighted by Crippen LogP contribution is 2.30. The van der Waals surface area contributed by atoms with Gasteiger partial charge in [-0.05, 0) is 97.6 Å². The molecule has 8 amide bonds. The van der Waals surface area contributed by atoms with Gasteiger partial charge < -0.3 is 59.9 Å². The standard InChI is InChI=1S/C69H102N10O12/c1-17-44(9)55-66(86)75(14)56(42(5)6)61(81)71-50(36-41(3)4)64(84)77(16)59(69(11,12)89)68(88)91-58(45(10)18-2)67(87)76(15)57(43(7)8)62(82)72-51(38-46-24-20-19-21-25-46)63(83)74(13)53(65(85)79-31-23-28-52(79)60(80)73-55)39-47-26-22-27-48(37-47)49-29-30-70-54(40-49)78-32-34-90-35-33-78/h19-22,24-27,29-30,37,40-45,50-53,55-59,89H,17-18,23,28,31-36,38-39H2,1-16H3,(H,71,81)(H,72,82)(H,73,80)/t44-,45-,50-,51-,52-,53-,55-,56?,57?,58+,59+/m0/s1. The molecule has 500 valence electrons. The Morgan fingerprint density at radius 1 is 0.604 bits per heavy atom. The third kappa shape index (κ3) is 18.0. The Balaban J connectivity index is 1.52. The van der Waals surface area contributed by atoms with E-state index in [1.54, 1.807) is 59.9 Å². The molecule has 22 nitrogen and oxygen atoms in total. The van der Waals surface area contributed by atoms with Crippen LogP contribution in [0.15, 0.2) is 72.9 Å². The number of cyclic esters (lactones) is 1. The normalized spacial score (nSPS) is 25.6. The number of aliphatic hydroxyl groups is 1. The Morgan fingerprint density at radius 2 is 1.18 bits per heavy atom. The first kappa shape index (κ1) is 72.6. The summed E-state index contributed by atoms with van der Waals surface area (Å²) in [7, 11) is 5.69. The van der Waals surface area contributed by atoms with Crippen molar-refractivity contribution in [3.05, 3.63) is 84.1 Å². The Kier molecular flexibility index (Phi) is 25.7. The van der Waals surface area contributed by atoms with Crippen LogP contribution in [-0.4, -0.2) is 209 Å². The summed E-state index contributed by atoms with van der Waals surface area (Å²) in [6, 6.07) is 10.3. The van der Waals surface area contributed by atoms with Gasteiger partial charge in [-0.25, -0.2) is 9.78 Å². The van der Waals surface area contributed by atoms with Crippen molar-refractivity contribution in [2.24, 2.45) is 29.6 Å². The predicted octanol–water partition coefficient (Wildman–Crippen LogP) is 5.27. The molecule has 1 aromatic heterocycles. The van der Waals surface area contributed by atoms with Crippen molar-refractivity contribution in [3.63, 3.8) is 0 Å². The highest BCUT2D eigenvalue weighted by molar-refractivity contribution is 5.99. The van der Waals surface area contributed by atoms with Gasteiger partial charge in [0.05, 0.1) is 18.8 Å². The van der Waals surface area contributed by atoms with Gasteiger partial charge in [-0.2, -0.15) is 0 Å². The minimum atomic E-state index is -1.99. The number of nitrogens with zero attached hydrogens (tertiary/aromatic N) is 7. The Labute approximate surface area is 538 Å². The van der Waals surface area contributed by atoms with Crippen molar-refractivity contribution in [3.8, 4) is 11.1 Å². The summed E-state index contributed by atoms with van der Waals surface area (Å²) < 4.78 is 11.7. The molecule has 3 aliphatic rings. The minimum Gasteiger partial charge on any atom is -0.450 e. The van der Waals surface area contributed by atoms with Gasteiger partial charge in [-0.1, -0.05) is 130 Å². The average Bonchev–Trinajstić information content (AvgIpc) is 2.18. The van der Waals surface area contributed by atoms with Gasteiger partial charge in [0.25, 0.3) is 5.91 Å². The van der Waals surface area contributed by atoms with Gasteiger partial charge in [-0.3, -0.25) is 38.4 Å². The number of ether oxygens (including phenoxy) is 2. The molecule has 4 N–H and O–H groups in total. The zero-order valence-electron chi connectivity index (χ0n) is 56.6. The molecule has 0 radical (unpaired) electrons. The van der Waals surface area contributed by atoms with Gasteiger partial charge >= 0.3 is 5.97 Å². The van der Waals surface area contributed by atoms with Crippen LogP contribution < -0.4 is 20.9 Å². The molecular formula is C69H102N10O12. The molecule has 0 spiro atoms. The fraction of sp³-hybridized carbons (Fsp3) is 0.623. The van der Waals surface area contributed by atoms with Crippen molar-refractivity contribution < 1.29 is 57.7 Å². The number of benzene rings is 2. The largest absolute Gasteiger partial charge is 0.450 e. The number of rotatable bonds is 15. The highest BCUT2D eigenvalue weighted by Gasteiger charge is 2.48. The van der Waals surface area contributed by atoms with Crippen LogP contribution in [0.25, 0.3) is 11.1 Å². The zero-order chi connectivity index (χ0) is 67.3. The molecule has 3 fully saturated rings. The van der Waals surface area contributed by atoms with Crippen LogP contribution in [0.1, 0.15) is 126 Å². The second kappa shape index (κ2) is 32.2. The monoisotopic (exact) mass is 1260 g/mol. The van der Waals surface area contributed by atoms with Crippen molar-refractivity contribution in [1.29, 1.82) is 0 Å². The van der Waals surface area contributed by atoms with Gasteiger partial charge in [0.1, 0.15) is 48.1 Å². The number of aromatic nitrogens is 1. The first-order valence-electron chi connectivity index (χ1n) is 32.5. The van der Waals surface area contributed by atoms with Gasteiger partial charge in [0.15, 0.2) is 12.1 Å². The molecule has 6 rings (SSSR count). The second-order valence-corrected chi connectivity index (χ2v) is 26.9. The number of carbonyl (C=O) groups excluding carboxylic acids is 9. The predicted molar refractivity (Wildman–Crippen MR) is 348 cm³/mol. The summed E-state index contributed by atoms with van der Waals surface area (Å²) in [6.07, 6.45) is 1.62. The number of amides is 8. The van der Waals surface area contributed by atoms with Crippen LogP contribution in [0.5, 0.6) is 0 Å². The number of anilines is 1. The molecule has 4 heterocycles. The van der Waals surface area contributed by atoms with Gasteiger partial charge in [0.2, 0.25) is 41.4 Å². The van der Waals surface area contributed by atoms with Crippen LogP contribution in [-0.2, 0) is 65.5 Å². The molecule has 91 heavy (non-hydrogen) atoms. The summed E-state index contributed by atoms with van der Waals surface area (Å²) >= 11 is 0. The Morgan fingerprint density at radius 3 is 1.76 bits per heavy atom. The second-order valence-electron chi connectivity index (χ2n) is 26.9. The lowest BCUT2D eigenvalue weighted by molar-refractivity contribution is -0.177. The number of hydrogen-bond acceptors (Lipinski definition) is 14. The topological polar surface area (TPSA) is 261 Å². The molecular weight excluding hydrogens is 1160 g/mol. The van der Waals surface area contributed by atoms with Gasteiger partial charge in [-0.15, -0.1) is 0 Å². The molecule has 3 aromatic rings. The molecule has 0 aliphatic carbocycles. The molecule has 0 bridgehead atoms. The number of esters is 1. The summed E-state index contributed by atoms with van der Waals surface area (Å²) in [4.78, 5) is 150. The first-order chi connectivity index (χ1) is 42.9. The van der Waals surface area contributed by atoms with E-state index in [1.807, 2.05) is 82.3 Å². The lowest BCUT2D eigenvalue weighted by Crippen LogP contribution is -2.63. The zero-order valence-corrected chi connectivity index (χ0v) is 56.6. The number of morpholine rings is 1. The summed E-state index contributed by atoms with van der Waals surface area (Å²) in [5, 5.41) is 20.7. The maximum Gasteiger partial charge on any atom is 0.332 e. The molecule has 2 unspecified atom stereocenters. The van der Waals surface area contributed by atoms with E-state index in [2.05, 4.69) is 25.8 Å². The number of carbonyl (C=O) groups is 9. The number of fused-ring (bicyclic) bond motifs is 1. The van der Waals surface area contributed by atoms with E-state index in [0.717, 1.165) is 21.8 Å². The van der Waals surface area contributed by atoms with Crippen molar-refractivity contribution >= 4 is 59.0 Å². The fourth-order valence-electron chi connectivity index (χ4n) is 12.8. The number of hydrogen-bond donors (Lipinski definition) is 4. The summed E-state index contributed by atoms with van der Waals surface area (Å²) in [5.74, 6) is -8.10. The first-order valence-corrected chi connectivity index (χ1v) is 32.5. The maximum atomic E-state index is 15.8. The third-order valence-electron chi connectivity index (χ3n) is 18.3. The van der Waals surface area contributed by atoms with Crippen LogP contribution >= 0.6 is 0 Å². The quantitative estimate of drug-likeness (QED) is 0.141. The van der Waals surface area contributed by atoms with Crippen molar-refractivity contribution in [2.45, 2.75) is 188 Å². The minimum absolute atomic E-state index is 0.0279. The average molecular weight is 1260 g/mol. The maximum absolute atomic E-state index is 15.8. The number of pyridine rings is 1. The van der Waals surface area contributed by atoms with E-state index in [4.69, 9.17) is 9.47 Å². The number of nitrogens with one attached hydrogen (secondary N) is 3. The van der Waals surface area contributed by atoms with Crippen LogP contribution in [0.4, 0.5) is 5.82 Å². The van der Waals surface area contributed by atoms with Crippen molar-refractivity contribution in [2.75, 3.05) is 65.9 Å². The van der Waals surface area contributed by atoms with Crippen LogP contribution in [0.3, 0.4) is 0 Å². The van der Waals surface area contributed by atoms with E-state index in [1.165, 1.54) is 61.6 Å². The highest BCUT2D eigenvalue weighted by atomic mass is 16.6. The van der Waals surface area contributed by atoms with E-state index >= 15 is 28.8 Å². The molecule has 3 aliphatic heterocycles. The van der Waals surface area contributed by atoms with E-state index in [0.29, 0.717) is 56.7 Å². The molecule has 0 saturated carbocycles. The van der Waals surface area contributed by atoms with Crippen LogP contribution in [0.2, 0.25) is 0 Å². The third-order valence-corrected chi connectivity index (χ3v) is 18.3. The Bertz CT molecular complexity index is 3020. The van der Waals surface area contributed by atoms with E-state index < -0.39 is 137 Å². The molecule has 2 aromatic carbocycles. The lowest BCUT2D eigenvalue weighted by atomic mass is 9.93. The molecule has 11 atom stereocenters. The van der Waals surface area contributed by atoms with Crippen LogP contribution in [0, 0.1) is 29.6 Å². The smallest absolute Gasteiger partial charge is 0.332 e. The van der Waals surface area contributed by atoms with Gasteiger partial charge in [0, 0.05) is 72.8 Å². The summed E-state index contributed by atoms with van der Waals surface area (Å²) in [5.41, 5.74) is 1.07. The lowest BCUT2D eigenvalue weighted by Gasteiger charge is -2.39.